The van der Waals surface area contributed by atoms with Crippen molar-refractivity contribution in [2.45, 2.75) is 12.8 Å². The van der Waals surface area contributed by atoms with Crippen LogP contribution in [-0.4, -0.2) is 24.7 Å². The van der Waals surface area contributed by atoms with E-state index in [1.165, 1.54) is 0 Å². The fourth-order valence-electron chi connectivity index (χ4n) is 1.18. The molecule has 0 radical (unpaired) electrons. The fourth-order valence-corrected chi connectivity index (χ4v) is 1.18. The summed E-state index contributed by atoms with van der Waals surface area (Å²) in [5.74, 6) is 0.0533. The molecule has 16 heavy (non-hydrogen) atoms. The third kappa shape index (κ3) is 5.46. The third-order valence-corrected chi connectivity index (χ3v) is 1.99. The number of methoxy groups -OCH3 is 1. The second-order valence-corrected chi connectivity index (χ2v) is 3.15. The number of carbonyl (C=O) groups is 1. The van der Waals surface area contributed by atoms with Crippen LogP contribution in [-0.2, 0) is 4.79 Å². The summed E-state index contributed by atoms with van der Waals surface area (Å²) in [6, 6.07) is 7.53. The summed E-state index contributed by atoms with van der Waals surface area (Å²) in [7, 11) is 1.62. The van der Waals surface area contributed by atoms with Crippen molar-refractivity contribution in [2.75, 3.05) is 19.0 Å². The summed E-state index contributed by atoms with van der Waals surface area (Å²) in [5, 5.41) is 11.6. The maximum Gasteiger partial charge on any atom is 0.303 e. The van der Waals surface area contributed by atoms with E-state index in [9.17, 15) is 4.79 Å². The lowest BCUT2D eigenvalue weighted by Crippen LogP contribution is -2.04. The lowest BCUT2D eigenvalue weighted by molar-refractivity contribution is -0.137. The van der Waals surface area contributed by atoms with Crippen LogP contribution in [0.25, 0.3) is 0 Å². The predicted molar refractivity (Wildman–Crippen MR) is 65.6 cm³/mol. The van der Waals surface area contributed by atoms with Crippen molar-refractivity contribution in [3.8, 4) is 5.75 Å². The van der Waals surface area contributed by atoms with Crippen LogP contribution in [0.3, 0.4) is 0 Å². The smallest absolute Gasteiger partial charge is 0.303 e. The van der Waals surface area contributed by atoms with Gasteiger partial charge in [0.15, 0.2) is 0 Å². The molecular formula is C11H16ClNO3. The number of carboxylic acid groups (broad SMARTS) is 1. The maximum absolute atomic E-state index is 10.2. The molecule has 2 N–H and O–H groups in total. The Hall–Kier alpha value is -1.42. The fraction of sp³-hybridized carbons (Fsp3) is 0.364. The average Bonchev–Trinajstić information content (AvgIpc) is 2.25. The topological polar surface area (TPSA) is 58.6 Å². The number of benzene rings is 1. The standard InChI is InChI=1S/C11H15NO3.ClH/c1-15-10-6-4-9(5-7-10)12-8-2-3-11(13)14;/h4-7,12H,2-3,8H2,1H3,(H,13,14);1H. The molecule has 0 amide bonds. The van der Waals surface area contributed by atoms with E-state index in [4.69, 9.17) is 9.84 Å². The first-order valence-corrected chi connectivity index (χ1v) is 4.82. The first-order chi connectivity index (χ1) is 7.22. The van der Waals surface area contributed by atoms with E-state index in [1.807, 2.05) is 24.3 Å². The highest BCUT2D eigenvalue weighted by Gasteiger charge is 1.96. The molecule has 0 aliphatic heterocycles. The minimum atomic E-state index is -0.758. The van der Waals surface area contributed by atoms with Crippen molar-refractivity contribution in [3.05, 3.63) is 24.3 Å². The number of hydrogen-bond donors (Lipinski definition) is 2. The summed E-state index contributed by atoms with van der Waals surface area (Å²) in [6.45, 7) is 0.665. The third-order valence-electron chi connectivity index (χ3n) is 1.99. The van der Waals surface area contributed by atoms with Crippen LogP contribution in [0.4, 0.5) is 5.69 Å². The van der Waals surface area contributed by atoms with E-state index in [2.05, 4.69) is 5.32 Å². The molecular weight excluding hydrogens is 230 g/mol. The molecule has 0 atom stereocenters. The van der Waals surface area contributed by atoms with Gasteiger partial charge in [0.25, 0.3) is 0 Å². The number of hydrogen-bond acceptors (Lipinski definition) is 3. The van der Waals surface area contributed by atoms with Crippen LogP contribution in [0.2, 0.25) is 0 Å². The van der Waals surface area contributed by atoms with Gasteiger partial charge in [-0.15, -0.1) is 12.4 Å². The number of aliphatic carboxylic acids is 1. The average molecular weight is 246 g/mol. The first kappa shape index (κ1) is 14.6. The zero-order valence-corrected chi connectivity index (χ0v) is 9.92. The second kappa shape index (κ2) is 7.82. The van der Waals surface area contributed by atoms with Crippen molar-refractivity contribution in [3.63, 3.8) is 0 Å². The van der Waals surface area contributed by atoms with Crippen LogP contribution in [0.1, 0.15) is 12.8 Å². The predicted octanol–water partition coefficient (Wildman–Crippen LogP) is 2.39. The summed E-state index contributed by atoms with van der Waals surface area (Å²) in [6.07, 6.45) is 0.824. The molecule has 0 bridgehead atoms. The molecule has 0 aliphatic rings. The maximum atomic E-state index is 10.2. The van der Waals surface area contributed by atoms with Crippen LogP contribution < -0.4 is 10.1 Å². The second-order valence-electron chi connectivity index (χ2n) is 3.15. The van der Waals surface area contributed by atoms with E-state index in [-0.39, 0.29) is 18.8 Å². The van der Waals surface area contributed by atoms with E-state index < -0.39 is 5.97 Å². The number of rotatable bonds is 6. The Kier molecular flexibility index (Phi) is 7.12. The minimum absolute atomic E-state index is 0. The van der Waals surface area contributed by atoms with Crippen molar-refractivity contribution >= 4 is 24.1 Å². The molecule has 0 aliphatic carbocycles. The van der Waals surface area contributed by atoms with E-state index in [1.54, 1.807) is 7.11 Å². The number of ether oxygens (including phenoxy) is 1. The largest absolute Gasteiger partial charge is 0.497 e. The molecule has 0 aromatic heterocycles. The molecule has 1 aromatic carbocycles. The van der Waals surface area contributed by atoms with Crippen LogP contribution in [0.15, 0.2) is 24.3 Å². The Labute approximate surface area is 101 Å². The first-order valence-electron chi connectivity index (χ1n) is 4.82. The number of carboxylic acids is 1. The van der Waals surface area contributed by atoms with Gasteiger partial charge in [0, 0.05) is 18.7 Å². The highest BCUT2D eigenvalue weighted by molar-refractivity contribution is 5.85. The summed E-state index contributed by atoms with van der Waals surface area (Å²) >= 11 is 0. The number of anilines is 1. The normalized spacial score (nSPS) is 9.06. The van der Waals surface area contributed by atoms with Gasteiger partial charge >= 0.3 is 5.97 Å². The van der Waals surface area contributed by atoms with Crippen LogP contribution in [0.5, 0.6) is 5.75 Å². The van der Waals surface area contributed by atoms with Crippen molar-refractivity contribution in [1.29, 1.82) is 0 Å². The Bertz CT molecular complexity index is 314. The van der Waals surface area contributed by atoms with E-state index >= 15 is 0 Å². The van der Waals surface area contributed by atoms with Gasteiger partial charge in [-0.3, -0.25) is 4.79 Å². The van der Waals surface area contributed by atoms with Gasteiger partial charge in [-0.2, -0.15) is 0 Å². The zero-order valence-electron chi connectivity index (χ0n) is 9.10. The van der Waals surface area contributed by atoms with Gasteiger partial charge in [-0.05, 0) is 30.7 Å². The van der Waals surface area contributed by atoms with Gasteiger partial charge in [0.05, 0.1) is 7.11 Å². The number of nitrogens with one attached hydrogen (secondary N) is 1. The van der Waals surface area contributed by atoms with Gasteiger partial charge in [0.1, 0.15) is 5.75 Å². The molecule has 0 saturated carbocycles. The molecule has 90 valence electrons. The van der Waals surface area contributed by atoms with Crippen molar-refractivity contribution in [1.82, 2.24) is 0 Å². The quantitative estimate of drug-likeness (QED) is 0.756. The summed E-state index contributed by atoms with van der Waals surface area (Å²) in [5.41, 5.74) is 0.973. The SMILES string of the molecule is COc1ccc(NCCCC(=O)O)cc1.Cl. The van der Waals surface area contributed by atoms with Gasteiger partial charge in [-0.1, -0.05) is 0 Å². The molecule has 0 unspecified atom stereocenters. The molecule has 4 nitrogen and oxygen atoms in total. The van der Waals surface area contributed by atoms with E-state index in [0.29, 0.717) is 13.0 Å². The molecule has 1 rings (SSSR count). The highest BCUT2D eigenvalue weighted by atomic mass is 35.5. The molecule has 0 fully saturated rings. The summed E-state index contributed by atoms with van der Waals surface area (Å²) in [4.78, 5) is 10.2. The minimum Gasteiger partial charge on any atom is -0.497 e. The highest BCUT2D eigenvalue weighted by Crippen LogP contribution is 2.14. The van der Waals surface area contributed by atoms with Gasteiger partial charge in [-0.25, -0.2) is 0 Å². The van der Waals surface area contributed by atoms with E-state index in [0.717, 1.165) is 11.4 Å². The van der Waals surface area contributed by atoms with Crippen LogP contribution in [0, 0.1) is 0 Å². The Balaban J connectivity index is 0.00000225. The van der Waals surface area contributed by atoms with Crippen molar-refractivity contribution in [2.24, 2.45) is 0 Å². The molecule has 0 heterocycles. The Morgan fingerprint density at radius 1 is 1.38 bits per heavy atom. The Morgan fingerprint density at radius 3 is 2.50 bits per heavy atom. The lowest BCUT2D eigenvalue weighted by atomic mass is 10.2. The van der Waals surface area contributed by atoms with Gasteiger partial charge in [0.2, 0.25) is 0 Å². The number of halogens is 1. The zero-order chi connectivity index (χ0) is 11.1. The summed E-state index contributed by atoms with van der Waals surface area (Å²) < 4.78 is 5.02. The molecule has 1 aromatic rings. The Morgan fingerprint density at radius 2 is 2.00 bits per heavy atom. The van der Waals surface area contributed by atoms with Crippen LogP contribution >= 0.6 is 12.4 Å². The molecule has 0 spiro atoms. The molecule has 0 saturated heterocycles. The monoisotopic (exact) mass is 245 g/mol. The molecule has 5 heteroatoms. The van der Waals surface area contributed by atoms with Crippen molar-refractivity contribution < 1.29 is 14.6 Å². The lowest BCUT2D eigenvalue weighted by Gasteiger charge is -2.06. The van der Waals surface area contributed by atoms with Gasteiger partial charge < -0.3 is 15.2 Å².